The highest BCUT2D eigenvalue weighted by Crippen LogP contribution is 2.25. The van der Waals surface area contributed by atoms with Crippen LogP contribution in [0.4, 0.5) is 13.2 Å². The Morgan fingerprint density at radius 1 is 1.29 bits per heavy atom. The average molecular weight is 245 g/mol. The van der Waals surface area contributed by atoms with Gasteiger partial charge in [0.25, 0.3) is 0 Å². The average Bonchev–Trinajstić information content (AvgIpc) is 2.61. The Labute approximate surface area is 97.4 Å². The highest BCUT2D eigenvalue weighted by molar-refractivity contribution is 5.98. The van der Waals surface area contributed by atoms with Crippen LogP contribution in [0.25, 0.3) is 0 Å². The molecule has 0 N–H and O–H groups in total. The molecule has 1 heterocycles. The molecule has 0 radical (unpaired) electrons. The number of ketones is 1. The van der Waals surface area contributed by atoms with Gasteiger partial charge in [0.2, 0.25) is 0 Å². The van der Waals surface area contributed by atoms with Crippen molar-refractivity contribution in [3.8, 4) is 0 Å². The summed E-state index contributed by atoms with van der Waals surface area (Å²) in [6.45, 7) is 0.335. The lowest BCUT2D eigenvalue weighted by Gasteiger charge is -2.15. The molecule has 0 saturated carbocycles. The molecule has 0 fully saturated rings. The zero-order valence-corrected chi connectivity index (χ0v) is 9.39. The molecule has 0 aliphatic heterocycles. The van der Waals surface area contributed by atoms with Crippen LogP contribution in [-0.4, -0.2) is 16.5 Å². The number of carbonyl (C=O) groups is 1. The van der Waals surface area contributed by atoms with E-state index in [1.54, 1.807) is 16.8 Å². The van der Waals surface area contributed by atoms with E-state index >= 15 is 0 Å². The van der Waals surface area contributed by atoms with Crippen molar-refractivity contribution < 1.29 is 18.0 Å². The summed E-state index contributed by atoms with van der Waals surface area (Å²) in [5.41, 5.74) is 1.60. The van der Waals surface area contributed by atoms with Crippen molar-refractivity contribution >= 4 is 5.78 Å². The van der Waals surface area contributed by atoms with Gasteiger partial charge in [-0.3, -0.25) is 4.79 Å². The van der Waals surface area contributed by atoms with Gasteiger partial charge < -0.3 is 4.57 Å². The highest BCUT2D eigenvalue weighted by atomic mass is 19.4. The van der Waals surface area contributed by atoms with Crippen LogP contribution in [0.5, 0.6) is 0 Å². The largest absolute Gasteiger partial charge is 0.389 e. The minimum Gasteiger partial charge on any atom is -0.351 e. The molecule has 0 amide bonds. The lowest BCUT2D eigenvalue weighted by molar-refractivity contribution is -0.135. The van der Waals surface area contributed by atoms with Gasteiger partial charge in [-0.1, -0.05) is 0 Å². The van der Waals surface area contributed by atoms with Crippen molar-refractivity contribution in [3.05, 3.63) is 23.5 Å². The van der Waals surface area contributed by atoms with E-state index in [1.165, 1.54) is 0 Å². The molecule has 1 aliphatic carbocycles. The quantitative estimate of drug-likeness (QED) is 0.800. The Morgan fingerprint density at radius 3 is 2.76 bits per heavy atom. The SMILES string of the molecule is O=C1CCCc2c1ccn2CCCC(F)(F)F. The topological polar surface area (TPSA) is 22.0 Å². The van der Waals surface area contributed by atoms with E-state index in [2.05, 4.69) is 0 Å². The van der Waals surface area contributed by atoms with E-state index in [9.17, 15) is 18.0 Å². The summed E-state index contributed by atoms with van der Waals surface area (Å²) in [7, 11) is 0. The summed E-state index contributed by atoms with van der Waals surface area (Å²) in [5, 5.41) is 0. The summed E-state index contributed by atoms with van der Waals surface area (Å²) in [5.74, 6) is 0.112. The van der Waals surface area contributed by atoms with Crippen molar-refractivity contribution in [2.75, 3.05) is 0 Å². The van der Waals surface area contributed by atoms with Crippen LogP contribution in [0.15, 0.2) is 12.3 Å². The van der Waals surface area contributed by atoms with E-state index in [-0.39, 0.29) is 12.2 Å². The predicted octanol–water partition coefficient (Wildman–Crippen LogP) is 3.35. The van der Waals surface area contributed by atoms with Crippen LogP contribution in [0.2, 0.25) is 0 Å². The lowest BCUT2D eigenvalue weighted by Crippen LogP contribution is -2.14. The van der Waals surface area contributed by atoms with Crippen LogP contribution in [0, 0.1) is 0 Å². The minimum atomic E-state index is -4.09. The Hall–Kier alpha value is -1.26. The minimum absolute atomic E-state index is 0.0683. The molecule has 1 aromatic rings. The molecule has 0 unspecified atom stereocenters. The molecule has 1 aromatic heterocycles. The van der Waals surface area contributed by atoms with Gasteiger partial charge in [-0.15, -0.1) is 0 Å². The standard InChI is InChI=1S/C12H14F3NO/c13-12(14,15)6-2-7-16-8-5-9-10(16)3-1-4-11(9)17/h5,8H,1-4,6-7H2. The Bertz CT molecular complexity index is 420. The maximum absolute atomic E-state index is 12.0. The molecule has 1 aliphatic rings. The number of aryl methyl sites for hydroxylation is 1. The smallest absolute Gasteiger partial charge is 0.351 e. The van der Waals surface area contributed by atoms with Gasteiger partial charge in [-0.25, -0.2) is 0 Å². The third-order valence-corrected chi connectivity index (χ3v) is 3.06. The monoisotopic (exact) mass is 245 g/mol. The molecular weight excluding hydrogens is 231 g/mol. The third-order valence-electron chi connectivity index (χ3n) is 3.06. The summed E-state index contributed by atoms with van der Waals surface area (Å²) in [4.78, 5) is 11.5. The molecule has 0 atom stereocenters. The van der Waals surface area contributed by atoms with E-state index < -0.39 is 12.6 Å². The van der Waals surface area contributed by atoms with Crippen LogP contribution in [0.3, 0.4) is 0 Å². The fourth-order valence-corrected chi connectivity index (χ4v) is 2.25. The summed E-state index contributed by atoms with van der Waals surface area (Å²) in [6, 6.07) is 1.73. The number of nitrogens with zero attached hydrogens (tertiary/aromatic N) is 1. The normalized spacial score (nSPS) is 16.1. The number of alkyl halides is 3. The first-order chi connectivity index (χ1) is 7.97. The Kier molecular flexibility index (Phi) is 3.26. The lowest BCUT2D eigenvalue weighted by atomic mass is 9.97. The van der Waals surface area contributed by atoms with Gasteiger partial charge in [-0.05, 0) is 25.3 Å². The molecular formula is C12H14F3NO. The first-order valence-corrected chi connectivity index (χ1v) is 5.75. The first-order valence-electron chi connectivity index (χ1n) is 5.75. The van der Waals surface area contributed by atoms with Crippen molar-refractivity contribution in [1.29, 1.82) is 0 Å². The van der Waals surface area contributed by atoms with Gasteiger partial charge in [0.05, 0.1) is 0 Å². The second kappa shape index (κ2) is 4.55. The van der Waals surface area contributed by atoms with Gasteiger partial charge in [0.1, 0.15) is 0 Å². The van der Waals surface area contributed by atoms with Crippen molar-refractivity contribution in [1.82, 2.24) is 4.57 Å². The molecule has 5 heteroatoms. The molecule has 0 aromatic carbocycles. The number of carbonyl (C=O) groups excluding carboxylic acids is 1. The number of rotatable bonds is 3. The van der Waals surface area contributed by atoms with Crippen molar-refractivity contribution in [2.45, 2.75) is 44.8 Å². The molecule has 2 rings (SSSR count). The van der Waals surface area contributed by atoms with Crippen LogP contribution in [0.1, 0.15) is 41.7 Å². The fraction of sp³-hybridized carbons (Fsp3) is 0.583. The van der Waals surface area contributed by atoms with Gasteiger partial charge in [0, 0.05) is 36.8 Å². The maximum atomic E-state index is 12.0. The highest BCUT2D eigenvalue weighted by Gasteiger charge is 2.26. The number of hydrogen-bond donors (Lipinski definition) is 0. The summed E-state index contributed by atoms with van der Waals surface area (Å²) >= 11 is 0. The number of hydrogen-bond acceptors (Lipinski definition) is 1. The molecule has 0 bridgehead atoms. The number of aromatic nitrogens is 1. The predicted molar refractivity (Wildman–Crippen MR) is 57.0 cm³/mol. The van der Waals surface area contributed by atoms with Crippen molar-refractivity contribution in [2.24, 2.45) is 0 Å². The molecule has 2 nitrogen and oxygen atoms in total. The van der Waals surface area contributed by atoms with Crippen LogP contribution < -0.4 is 0 Å². The number of Topliss-reactive ketones (excluding diaryl/α,β-unsaturated/α-hetero) is 1. The van der Waals surface area contributed by atoms with Crippen LogP contribution >= 0.6 is 0 Å². The van der Waals surface area contributed by atoms with Gasteiger partial charge >= 0.3 is 6.18 Å². The third kappa shape index (κ3) is 2.90. The summed E-state index contributed by atoms with van der Waals surface area (Å²) < 4.78 is 37.9. The zero-order chi connectivity index (χ0) is 12.5. The second-order valence-electron chi connectivity index (χ2n) is 4.36. The van der Waals surface area contributed by atoms with Crippen LogP contribution in [-0.2, 0) is 13.0 Å². The fourth-order valence-electron chi connectivity index (χ4n) is 2.25. The Balaban J connectivity index is 2.01. The van der Waals surface area contributed by atoms with Crippen molar-refractivity contribution in [3.63, 3.8) is 0 Å². The van der Waals surface area contributed by atoms with Gasteiger partial charge in [0.15, 0.2) is 5.78 Å². The first kappa shape index (κ1) is 12.2. The van der Waals surface area contributed by atoms with Gasteiger partial charge in [-0.2, -0.15) is 13.2 Å². The van der Waals surface area contributed by atoms with E-state index in [1.807, 2.05) is 0 Å². The second-order valence-corrected chi connectivity index (χ2v) is 4.36. The molecule has 0 saturated heterocycles. The Morgan fingerprint density at radius 2 is 2.06 bits per heavy atom. The number of fused-ring (bicyclic) bond motifs is 1. The van der Waals surface area contributed by atoms with E-state index in [4.69, 9.17) is 0 Å². The summed E-state index contributed by atoms with van der Waals surface area (Å²) in [6.07, 6.45) is -0.922. The van der Waals surface area contributed by atoms with E-state index in [0.29, 0.717) is 18.5 Å². The zero-order valence-electron chi connectivity index (χ0n) is 9.39. The molecule has 0 spiro atoms. The molecule has 17 heavy (non-hydrogen) atoms. The number of halogens is 3. The maximum Gasteiger partial charge on any atom is 0.389 e. The van der Waals surface area contributed by atoms with E-state index in [0.717, 1.165) is 18.5 Å². The molecule has 94 valence electrons.